The summed E-state index contributed by atoms with van der Waals surface area (Å²) in [5.74, 6) is 0.418. The van der Waals surface area contributed by atoms with Gasteiger partial charge in [0, 0.05) is 25.2 Å². The standard InChI is InChI=1S/C17H24N4O5S/c22-17(14-11-12-5-1-2-6-13(12)20-14)18-9-10-19-27(25,26)16-8-4-3-7-15(16)21(23)24/h3-4,7-8,12-14,19-20H,1-2,5-6,9-11H2,(H,18,22). The summed E-state index contributed by atoms with van der Waals surface area (Å²) in [6, 6.07) is 5.33. The van der Waals surface area contributed by atoms with Crippen LogP contribution in [-0.2, 0) is 14.8 Å². The van der Waals surface area contributed by atoms with Gasteiger partial charge in [0.15, 0.2) is 4.90 Å². The Labute approximate surface area is 158 Å². The monoisotopic (exact) mass is 396 g/mol. The van der Waals surface area contributed by atoms with Gasteiger partial charge in [0.2, 0.25) is 15.9 Å². The van der Waals surface area contributed by atoms with Crippen molar-refractivity contribution in [1.82, 2.24) is 15.4 Å². The maximum atomic E-state index is 12.3. The number of para-hydroxylation sites is 1. The quantitative estimate of drug-likeness (QED) is 0.357. The number of fused-ring (bicyclic) bond motifs is 1. The highest BCUT2D eigenvalue weighted by Crippen LogP contribution is 2.33. The summed E-state index contributed by atoms with van der Waals surface area (Å²) in [6.45, 7) is 0.0753. The molecular weight excluding hydrogens is 372 g/mol. The Morgan fingerprint density at radius 1 is 1.22 bits per heavy atom. The van der Waals surface area contributed by atoms with Crippen molar-refractivity contribution in [3.05, 3.63) is 34.4 Å². The molecule has 0 spiro atoms. The lowest BCUT2D eigenvalue weighted by Gasteiger charge is -2.24. The molecule has 2 fully saturated rings. The van der Waals surface area contributed by atoms with Crippen molar-refractivity contribution in [3.8, 4) is 0 Å². The van der Waals surface area contributed by atoms with E-state index >= 15 is 0 Å². The lowest BCUT2D eigenvalue weighted by atomic mass is 9.85. The zero-order valence-electron chi connectivity index (χ0n) is 14.9. The van der Waals surface area contributed by atoms with Crippen molar-refractivity contribution < 1.29 is 18.1 Å². The molecule has 10 heteroatoms. The molecule has 1 heterocycles. The smallest absolute Gasteiger partial charge is 0.289 e. The number of carbonyl (C=O) groups excluding carboxylic acids is 1. The Balaban J connectivity index is 1.48. The molecule has 0 aromatic heterocycles. The molecule has 3 N–H and O–H groups in total. The topological polar surface area (TPSA) is 130 Å². The lowest BCUT2D eigenvalue weighted by molar-refractivity contribution is -0.387. The van der Waals surface area contributed by atoms with Gasteiger partial charge in [-0.1, -0.05) is 25.0 Å². The van der Waals surface area contributed by atoms with Gasteiger partial charge in [0.1, 0.15) is 0 Å². The molecule has 2 aliphatic rings. The van der Waals surface area contributed by atoms with Crippen LogP contribution in [0.4, 0.5) is 5.69 Å². The van der Waals surface area contributed by atoms with E-state index in [-0.39, 0.29) is 29.9 Å². The van der Waals surface area contributed by atoms with E-state index < -0.39 is 20.6 Å². The first-order chi connectivity index (χ1) is 12.9. The van der Waals surface area contributed by atoms with E-state index in [1.807, 2.05) is 0 Å². The fourth-order valence-electron chi connectivity index (χ4n) is 3.93. The minimum atomic E-state index is -4.03. The highest BCUT2D eigenvalue weighted by Gasteiger charge is 2.38. The van der Waals surface area contributed by atoms with Crippen LogP contribution in [0.1, 0.15) is 32.1 Å². The zero-order chi connectivity index (χ0) is 19.4. The average Bonchev–Trinajstić information content (AvgIpc) is 3.09. The molecule has 1 aliphatic carbocycles. The van der Waals surface area contributed by atoms with E-state index in [2.05, 4.69) is 15.4 Å². The number of hydrogen-bond acceptors (Lipinski definition) is 6. The van der Waals surface area contributed by atoms with Gasteiger partial charge in [-0.25, -0.2) is 13.1 Å². The van der Waals surface area contributed by atoms with Crippen molar-refractivity contribution in [2.75, 3.05) is 13.1 Å². The van der Waals surface area contributed by atoms with Crippen molar-refractivity contribution in [1.29, 1.82) is 0 Å². The Morgan fingerprint density at radius 3 is 2.70 bits per heavy atom. The van der Waals surface area contributed by atoms with E-state index in [1.165, 1.54) is 31.0 Å². The molecule has 1 aromatic rings. The largest absolute Gasteiger partial charge is 0.353 e. The Hall–Kier alpha value is -2.04. The molecule has 9 nitrogen and oxygen atoms in total. The van der Waals surface area contributed by atoms with Crippen LogP contribution in [0.2, 0.25) is 0 Å². The Morgan fingerprint density at radius 2 is 1.96 bits per heavy atom. The molecule has 1 saturated carbocycles. The van der Waals surface area contributed by atoms with Gasteiger partial charge >= 0.3 is 0 Å². The second-order valence-electron chi connectivity index (χ2n) is 7.02. The molecule has 1 amide bonds. The fourth-order valence-corrected chi connectivity index (χ4v) is 5.13. The van der Waals surface area contributed by atoms with E-state index in [9.17, 15) is 23.3 Å². The molecule has 0 radical (unpaired) electrons. The molecule has 3 rings (SSSR count). The summed E-state index contributed by atoms with van der Waals surface area (Å²) in [7, 11) is -4.03. The van der Waals surface area contributed by atoms with Crippen LogP contribution in [0.3, 0.4) is 0 Å². The SMILES string of the molecule is O=C(NCCNS(=O)(=O)c1ccccc1[N+](=O)[O-])C1CC2CCCCC2N1. The van der Waals surface area contributed by atoms with E-state index in [0.717, 1.165) is 25.3 Å². The molecule has 27 heavy (non-hydrogen) atoms. The normalized spacial score (nSPS) is 25.0. The molecule has 3 unspecified atom stereocenters. The maximum absolute atomic E-state index is 12.3. The van der Waals surface area contributed by atoms with Crippen LogP contribution in [0.5, 0.6) is 0 Å². The maximum Gasteiger partial charge on any atom is 0.289 e. The zero-order valence-corrected chi connectivity index (χ0v) is 15.7. The molecule has 148 valence electrons. The van der Waals surface area contributed by atoms with Crippen LogP contribution in [0, 0.1) is 16.0 Å². The highest BCUT2D eigenvalue weighted by atomic mass is 32.2. The van der Waals surface area contributed by atoms with Crippen molar-refractivity contribution in [3.63, 3.8) is 0 Å². The molecule has 1 saturated heterocycles. The first-order valence-electron chi connectivity index (χ1n) is 9.15. The third-order valence-electron chi connectivity index (χ3n) is 5.25. The average molecular weight is 396 g/mol. The predicted molar refractivity (Wildman–Crippen MR) is 98.6 cm³/mol. The predicted octanol–water partition coefficient (Wildman–Crippen LogP) is 0.910. The Bertz CT molecular complexity index is 799. The summed E-state index contributed by atoms with van der Waals surface area (Å²) < 4.78 is 26.9. The van der Waals surface area contributed by atoms with Crippen molar-refractivity contribution in [2.24, 2.45) is 5.92 Å². The summed E-state index contributed by atoms with van der Waals surface area (Å²) in [5.41, 5.74) is -0.480. The molecule has 1 aromatic carbocycles. The summed E-state index contributed by atoms with van der Waals surface area (Å²) in [5, 5.41) is 17.1. The number of rotatable bonds is 7. The second kappa shape index (κ2) is 8.32. The number of benzene rings is 1. The minimum absolute atomic E-state index is 0.0420. The molecule has 3 atom stereocenters. The van der Waals surface area contributed by atoms with Crippen LogP contribution in [0.15, 0.2) is 29.2 Å². The number of nitro benzene ring substituents is 1. The van der Waals surface area contributed by atoms with Gasteiger partial charge in [0.05, 0.1) is 11.0 Å². The number of hydrogen-bond donors (Lipinski definition) is 3. The Kier molecular flexibility index (Phi) is 6.08. The van der Waals surface area contributed by atoms with E-state index in [0.29, 0.717) is 12.0 Å². The number of sulfonamides is 1. The highest BCUT2D eigenvalue weighted by molar-refractivity contribution is 7.89. The van der Waals surface area contributed by atoms with Gasteiger partial charge in [-0.15, -0.1) is 0 Å². The summed E-state index contributed by atoms with van der Waals surface area (Å²) in [6.07, 6.45) is 5.47. The van der Waals surface area contributed by atoms with Crippen LogP contribution in [0.25, 0.3) is 0 Å². The van der Waals surface area contributed by atoms with E-state index in [4.69, 9.17) is 0 Å². The van der Waals surface area contributed by atoms with Crippen LogP contribution in [-0.4, -0.2) is 44.4 Å². The fraction of sp³-hybridized carbons (Fsp3) is 0.588. The second-order valence-corrected chi connectivity index (χ2v) is 8.75. The van der Waals surface area contributed by atoms with Gasteiger partial charge in [-0.3, -0.25) is 14.9 Å². The molecular formula is C17H24N4O5S. The molecule has 1 aliphatic heterocycles. The van der Waals surface area contributed by atoms with Gasteiger partial charge in [0.25, 0.3) is 5.69 Å². The first kappa shape index (κ1) is 19.7. The number of amides is 1. The number of carbonyl (C=O) groups is 1. The summed E-state index contributed by atoms with van der Waals surface area (Å²) >= 11 is 0. The number of nitro groups is 1. The molecule has 0 bridgehead atoms. The third kappa shape index (κ3) is 4.63. The minimum Gasteiger partial charge on any atom is -0.353 e. The number of nitrogens with one attached hydrogen (secondary N) is 3. The summed E-state index contributed by atoms with van der Waals surface area (Å²) in [4.78, 5) is 22.2. The number of nitrogens with zero attached hydrogens (tertiary/aromatic N) is 1. The van der Waals surface area contributed by atoms with Crippen LogP contribution >= 0.6 is 0 Å². The third-order valence-corrected chi connectivity index (χ3v) is 6.76. The van der Waals surface area contributed by atoms with Gasteiger partial charge < -0.3 is 10.6 Å². The van der Waals surface area contributed by atoms with Crippen LogP contribution < -0.4 is 15.4 Å². The van der Waals surface area contributed by atoms with Crippen molar-refractivity contribution >= 4 is 21.6 Å². The van der Waals surface area contributed by atoms with Gasteiger partial charge in [-0.2, -0.15) is 0 Å². The van der Waals surface area contributed by atoms with Gasteiger partial charge in [-0.05, 0) is 31.2 Å². The first-order valence-corrected chi connectivity index (χ1v) is 10.6. The lowest BCUT2D eigenvalue weighted by Crippen LogP contribution is -2.45. The van der Waals surface area contributed by atoms with Crippen molar-refractivity contribution in [2.45, 2.75) is 49.1 Å². The van der Waals surface area contributed by atoms with E-state index in [1.54, 1.807) is 0 Å².